The van der Waals surface area contributed by atoms with Crippen LogP contribution < -0.4 is 5.32 Å². The summed E-state index contributed by atoms with van der Waals surface area (Å²) < 4.78 is 0.655. The Hall–Kier alpha value is -1.69. The Balaban J connectivity index is 2.14. The van der Waals surface area contributed by atoms with Crippen LogP contribution in [0.4, 0.5) is 5.82 Å². The van der Waals surface area contributed by atoms with Gasteiger partial charge in [0.25, 0.3) is 5.91 Å². The van der Waals surface area contributed by atoms with E-state index in [-0.39, 0.29) is 5.91 Å². The van der Waals surface area contributed by atoms with Crippen molar-refractivity contribution in [3.05, 3.63) is 40.3 Å². The van der Waals surface area contributed by atoms with E-state index in [4.69, 9.17) is 0 Å². The lowest BCUT2D eigenvalue weighted by Gasteiger charge is -2.02. The SMILES string of the molecule is CC(C)c1cc(NC(=O)c2ncccc2Br)n[nH]1. The summed E-state index contributed by atoms with van der Waals surface area (Å²) in [4.78, 5) is 16.0. The van der Waals surface area contributed by atoms with Crippen molar-refractivity contribution >= 4 is 27.7 Å². The number of nitrogens with one attached hydrogen (secondary N) is 2. The average molecular weight is 309 g/mol. The number of hydrogen-bond acceptors (Lipinski definition) is 3. The van der Waals surface area contributed by atoms with Gasteiger partial charge in [0.15, 0.2) is 5.82 Å². The Morgan fingerprint density at radius 3 is 2.89 bits per heavy atom. The Morgan fingerprint density at radius 1 is 1.50 bits per heavy atom. The second-order valence-corrected chi connectivity index (χ2v) is 5.01. The number of carbonyl (C=O) groups is 1. The number of carbonyl (C=O) groups excluding carboxylic acids is 1. The quantitative estimate of drug-likeness (QED) is 0.915. The van der Waals surface area contributed by atoms with E-state index in [0.717, 1.165) is 5.69 Å². The van der Waals surface area contributed by atoms with Crippen LogP contribution >= 0.6 is 15.9 Å². The van der Waals surface area contributed by atoms with Crippen molar-refractivity contribution in [3.63, 3.8) is 0 Å². The fraction of sp³-hybridized carbons (Fsp3) is 0.250. The smallest absolute Gasteiger partial charge is 0.276 e. The first-order valence-electron chi connectivity index (χ1n) is 5.55. The zero-order valence-electron chi connectivity index (χ0n) is 10.1. The van der Waals surface area contributed by atoms with Gasteiger partial charge in [0.05, 0.1) is 0 Å². The second-order valence-electron chi connectivity index (χ2n) is 4.15. The molecule has 2 aromatic rings. The van der Waals surface area contributed by atoms with E-state index in [9.17, 15) is 4.79 Å². The number of rotatable bonds is 3. The van der Waals surface area contributed by atoms with Gasteiger partial charge in [0, 0.05) is 22.4 Å². The maximum atomic E-state index is 12.0. The fourth-order valence-corrected chi connectivity index (χ4v) is 1.86. The van der Waals surface area contributed by atoms with Crippen LogP contribution in [0.15, 0.2) is 28.9 Å². The van der Waals surface area contributed by atoms with Crippen molar-refractivity contribution in [3.8, 4) is 0 Å². The number of anilines is 1. The minimum absolute atomic E-state index is 0.288. The summed E-state index contributed by atoms with van der Waals surface area (Å²) in [6.45, 7) is 4.10. The number of halogens is 1. The molecule has 2 heterocycles. The largest absolute Gasteiger partial charge is 0.304 e. The molecule has 5 nitrogen and oxygen atoms in total. The summed E-state index contributed by atoms with van der Waals surface area (Å²) in [7, 11) is 0. The van der Waals surface area contributed by atoms with Crippen LogP contribution in [0.3, 0.4) is 0 Å². The molecule has 94 valence electrons. The third-order valence-electron chi connectivity index (χ3n) is 2.43. The van der Waals surface area contributed by atoms with Gasteiger partial charge in [-0.25, -0.2) is 4.98 Å². The lowest BCUT2D eigenvalue weighted by atomic mass is 10.1. The minimum Gasteiger partial charge on any atom is -0.304 e. The lowest BCUT2D eigenvalue weighted by Crippen LogP contribution is -2.14. The number of pyridine rings is 1. The standard InChI is InChI=1S/C12H13BrN4O/c1-7(2)9-6-10(17-16-9)15-12(18)11-8(13)4-3-5-14-11/h3-7H,1-2H3,(H2,15,16,17,18). The molecule has 0 bridgehead atoms. The molecule has 0 spiro atoms. The summed E-state index contributed by atoms with van der Waals surface area (Å²) in [6.07, 6.45) is 1.57. The second kappa shape index (κ2) is 5.30. The highest BCUT2D eigenvalue weighted by Crippen LogP contribution is 2.17. The minimum atomic E-state index is -0.288. The first kappa shape index (κ1) is 12.8. The van der Waals surface area contributed by atoms with E-state index < -0.39 is 0 Å². The molecule has 18 heavy (non-hydrogen) atoms. The van der Waals surface area contributed by atoms with Crippen molar-refractivity contribution in [1.82, 2.24) is 15.2 Å². The molecule has 0 aliphatic carbocycles. The third kappa shape index (κ3) is 2.76. The van der Waals surface area contributed by atoms with E-state index >= 15 is 0 Å². The van der Waals surface area contributed by atoms with Gasteiger partial charge in [-0.3, -0.25) is 9.89 Å². The number of hydrogen-bond donors (Lipinski definition) is 2. The van der Waals surface area contributed by atoms with Crippen LogP contribution in [0.25, 0.3) is 0 Å². The van der Waals surface area contributed by atoms with E-state index in [0.29, 0.717) is 21.9 Å². The highest BCUT2D eigenvalue weighted by atomic mass is 79.9. The molecule has 0 aliphatic rings. The van der Waals surface area contributed by atoms with Gasteiger partial charge < -0.3 is 5.32 Å². The molecule has 6 heteroatoms. The summed E-state index contributed by atoms with van der Waals surface area (Å²) in [5.41, 5.74) is 1.32. The monoisotopic (exact) mass is 308 g/mol. The predicted molar refractivity (Wildman–Crippen MR) is 72.6 cm³/mol. The molecule has 0 atom stereocenters. The molecule has 0 radical (unpaired) electrons. The van der Waals surface area contributed by atoms with Crippen LogP contribution in [0.2, 0.25) is 0 Å². The third-order valence-corrected chi connectivity index (χ3v) is 3.07. The zero-order chi connectivity index (χ0) is 13.1. The lowest BCUT2D eigenvalue weighted by molar-refractivity contribution is 0.102. The Kier molecular flexibility index (Phi) is 3.76. The fourth-order valence-electron chi connectivity index (χ4n) is 1.42. The first-order chi connectivity index (χ1) is 8.58. The van der Waals surface area contributed by atoms with Crippen molar-refractivity contribution in [2.45, 2.75) is 19.8 Å². The number of aromatic amines is 1. The Labute approximate surface area is 113 Å². The summed E-state index contributed by atoms with van der Waals surface area (Å²) in [6, 6.07) is 5.34. The maximum absolute atomic E-state index is 12.0. The van der Waals surface area contributed by atoms with Crippen molar-refractivity contribution in [2.24, 2.45) is 0 Å². The molecular weight excluding hydrogens is 296 g/mol. The van der Waals surface area contributed by atoms with Crippen molar-refractivity contribution in [1.29, 1.82) is 0 Å². The molecule has 1 amide bonds. The van der Waals surface area contributed by atoms with Crippen LogP contribution in [-0.2, 0) is 0 Å². The van der Waals surface area contributed by atoms with Gasteiger partial charge in [-0.1, -0.05) is 13.8 Å². The molecule has 2 rings (SSSR count). The van der Waals surface area contributed by atoms with Gasteiger partial charge in [0.2, 0.25) is 0 Å². The zero-order valence-corrected chi connectivity index (χ0v) is 11.7. The predicted octanol–water partition coefficient (Wildman–Crippen LogP) is 2.94. The van der Waals surface area contributed by atoms with E-state index in [1.54, 1.807) is 18.3 Å². The number of nitrogens with zero attached hydrogens (tertiary/aromatic N) is 2. The van der Waals surface area contributed by atoms with Crippen LogP contribution in [0.5, 0.6) is 0 Å². The van der Waals surface area contributed by atoms with Gasteiger partial charge in [-0.05, 0) is 34.0 Å². The molecular formula is C12H13BrN4O. The molecule has 0 aliphatic heterocycles. The number of H-pyrrole nitrogens is 1. The van der Waals surface area contributed by atoms with E-state index in [1.165, 1.54) is 0 Å². The van der Waals surface area contributed by atoms with Gasteiger partial charge in [0.1, 0.15) is 5.69 Å². The maximum Gasteiger partial charge on any atom is 0.276 e. The first-order valence-corrected chi connectivity index (χ1v) is 6.34. The normalized spacial score (nSPS) is 10.7. The van der Waals surface area contributed by atoms with Crippen LogP contribution in [0, 0.1) is 0 Å². The topological polar surface area (TPSA) is 70.7 Å². The highest BCUT2D eigenvalue weighted by Gasteiger charge is 2.13. The van der Waals surface area contributed by atoms with Gasteiger partial charge in [-0.2, -0.15) is 5.10 Å². The summed E-state index contributed by atoms with van der Waals surface area (Å²) >= 11 is 3.29. The molecule has 0 fully saturated rings. The van der Waals surface area contributed by atoms with E-state index in [2.05, 4.69) is 50.3 Å². The highest BCUT2D eigenvalue weighted by molar-refractivity contribution is 9.10. The van der Waals surface area contributed by atoms with Gasteiger partial charge in [-0.15, -0.1) is 0 Å². The Bertz CT molecular complexity index is 565. The molecule has 0 saturated carbocycles. The number of aromatic nitrogens is 3. The molecule has 2 aromatic heterocycles. The average Bonchev–Trinajstić information content (AvgIpc) is 2.78. The van der Waals surface area contributed by atoms with Crippen LogP contribution in [0.1, 0.15) is 35.9 Å². The van der Waals surface area contributed by atoms with Crippen molar-refractivity contribution < 1.29 is 4.79 Å². The molecule has 0 aromatic carbocycles. The molecule has 0 unspecified atom stereocenters. The van der Waals surface area contributed by atoms with Gasteiger partial charge >= 0.3 is 0 Å². The molecule has 0 saturated heterocycles. The number of amides is 1. The molecule has 2 N–H and O–H groups in total. The summed E-state index contributed by atoms with van der Waals surface area (Å²) in [5.74, 6) is 0.551. The Morgan fingerprint density at radius 2 is 2.28 bits per heavy atom. The van der Waals surface area contributed by atoms with E-state index in [1.807, 2.05) is 6.07 Å². The van der Waals surface area contributed by atoms with Crippen molar-refractivity contribution in [2.75, 3.05) is 5.32 Å². The van der Waals surface area contributed by atoms with Crippen LogP contribution in [-0.4, -0.2) is 21.1 Å². The summed E-state index contributed by atoms with van der Waals surface area (Å²) in [5, 5.41) is 9.61.